The first-order chi connectivity index (χ1) is 16.0. The van der Waals surface area contributed by atoms with Gasteiger partial charge in [0.05, 0.1) is 12.1 Å². The average molecular weight is 484 g/mol. The van der Waals surface area contributed by atoms with E-state index in [-0.39, 0.29) is 17.9 Å². The van der Waals surface area contributed by atoms with Crippen LogP contribution in [-0.2, 0) is 11.2 Å². The normalized spacial score (nSPS) is 18.1. The van der Waals surface area contributed by atoms with Gasteiger partial charge in [0.25, 0.3) is 0 Å². The monoisotopic (exact) mass is 483 g/mol. The summed E-state index contributed by atoms with van der Waals surface area (Å²) in [6.45, 7) is 1.23. The molecule has 0 bridgehead atoms. The van der Waals surface area contributed by atoms with Gasteiger partial charge in [-0.3, -0.25) is 4.79 Å². The predicted molar refractivity (Wildman–Crippen MR) is 133 cm³/mol. The number of hydrogen-bond acceptors (Lipinski definition) is 3. The zero-order valence-electron chi connectivity index (χ0n) is 18.5. The molecule has 0 N–H and O–H groups in total. The maximum Gasteiger partial charge on any atom is 0.222 e. The van der Waals surface area contributed by atoms with Crippen molar-refractivity contribution in [2.24, 2.45) is 0 Å². The summed E-state index contributed by atoms with van der Waals surface area (Å²) < 4.78 is 11.6. The molecule has 0 spiro atoms. The minimum absolute atomic E-state index is 0.00124. The first-order valence-electron chi connectivity index (χ1n) is 11.1. The van der Waals surface area contributed by atoms with Gasteiger partial charge in [0.1, 0.15) is 17.6 Å². The second kappa shape index (κ2) is 11.0. The summed E-state index contributed by atoms with van der Waals surface area (Å²) in [4.78, 5) is 15.0. The molecule has 0 saturated carbocycles. The fourth-order valence-electron chi connectivity index (χ4n) is 4.26. The number of hydrogen-bond donors (Lipinski definition) is 0. The second-order valence-corrected chi connectivity index (χ2v) is 9.07. The third kappa shape index (κ3) is 6.01. The van der Waals surface area contributed by atoms with Crippen molar-refractivity contribution in [3.05, 3.63) is 94.0 Å². The van der Waals surface area contributed by atoms with E-state index in [1.54, 1.807) is 7.11 Å². The molecule has 172 valence electrons. The van der Waals surface area contributed by atoms with E-state index in [4.69, 9.17) is 32.7 Å². The van der Waals surface area contributed by atoms with Crippen molar-refractivity contribution in [2.75, 3.05) is 20.2 Å². The molecule has 1 aliphatic rings. The van der Waals surface area contributed by atoms with Gasteiger partial charge in [0, 0.05) is 36.9 Å². The number of aryl methyl sites for hydroxylation is 1. The number of nitrogens with zero attached hydrogens (tertiary/aromatic N) is 1. The van der Waals surface area contributed by atoms with Gasteiger partial charge in [-0.2, -0.15) is 0 Å². The molecule has 4 nitrogen and oxygen atoms in total. The molecule has 0 aliphatic carbocycles. The van der Waals surface area contributed by atoms with E-state index in [9.17, 15) is 4.79 Å². The van der Waals surface area contributed by atoms with E-state index in [1.165, 1.54) is 0 Å². The quantitative estimate of drug-likeness (QED) is 0.390. The number of likely N-dealkylation sites (tertiary alicyclic amines) is 1. The van der Waals surface area contributed by atoms with Crippen LogP contribution < -0.4 is 9.47 Å². The van der Waals surface area contributed by atoms with Crippen molar-refractivity contribution >= 4 is 29.1 Å². The number of para-hydroxylation sites is 1. The van der Waals surface area contributed by atoms with E-state index in [2.05, 4.69) is 0 Å². The highest BCUT2D eigenvalue weighted by Crippen LogP contribution is 2.34. The van der Waals surface area contributed by atoms with Gasteiger partial charge in [-0.15, -0.1) is 0 Å². The summed E-state index contributed by atoms with van der Waals surface area (Å²) >= 11 is 12.6. The lowest BCUT2D eigenvalue weighted by molar-refractivity contribution is -0.133. The van der Waals surface area contributed by atoms with Crippen molar-refractivity contribution < 1.29 is 14.3 Å². The van der Waals surface area contributed by atoms with Crippen LogP contribution in [-0.4, -0.2) is 37.1 Å². The summed E-state index contributed by atoms with van der Waals surface area (Å²) in [5.41, 5.74) is 2.18. The topological polar surface area (TPSA) is 38.8 Å². The Kier molecular flexibility index (Phi) is 7.79. The van der Waals surface area contributed by atoms with Crippen LogP contribution in [0.4, 0.5) is 0 Å². The summed E-state index contributed by atoms with van der Waals surface area (Å²) in [6, 6.07) is 23.2. The number of piperidine rings is 1. The Morgan fingerprint density at radius 3 is 2.55 bits per heavy atom. The van der Waals surface area contributed by atoms with Crippen LogP contribution in [0.1, 0.15) is 29.9 Å². The highest BCUT2D eigenvalue weighted by molar-refractivity contribution is 6.32. The number of benzene rings is 3. The SMILES string of the molecule is COc1ccc(CCC(=O)N2CC[C@H](Oc3ccccc3Cl)[C@H](c3cccc(Cl)c3)C2)cc1. The number of halogens is 2. The molecule has 0 radical (unpaired) electrons. The zero-order chi connectivity index (χ0) is 23.2. The number of ether oxygens (including phenoxy) is 2. The van der Waals surface area contributed by atoms with E-state index in [1.807, 2.05) is 77.7 Å². The van der Waals surface area contributed by atoms with Gasteiger partial charge in [0.15, 0.2) is 0 Å². The van der Waals surface area contributed by atoms with Gasteiger partial charge >= 0.3 is 0 Å². The largest absolute Gasteiger partial charge is 0.497 e. The van der Waals surface area contributed by atoms with Gasteiger partial charge in [-0.1, -0.05) is 59.6 Å². The summed E-state index contributed by atoms with van der Waals surface area (Å²) in [7, 11) is 1.65. The molecule has 4 rings (SSSR count). The Labute approximate surface area is 205 Å². The van der Waals surface area contributed by atoms with E-state index in [0.29, 0.717) is 41.7 Å². The maximum atomic E-state index is 13.1. The fraction of sp³-hybridized carbons (Fsp3) is 0.296. The number of methoxy groups -OCH3 is 1. The Morgan fingerprint density at radius 1 is 1.03 bits per heavy atom. The van der Waals surface area contributed by atoms with Crippen LogP contribution in [0.3, 0.4) is 0 Å². The lowest BCUT2D eigenvalue weighted by Crippen LogP contribution is -2.46. The van der Waals surface area contributed by atoms with Crippen molar-refractivity contribution in [3.8, 4) is 11.5 Å². The Balaban J connectivity index is 1.46. The number of carbonyl (C=O) groups excluding carboxylic acids is 1. The molecule has 2 atom stereocenters. The molecule has 3 aromatic carbocycles. The van der Waals surface area contributed by atoms with Gasteiger partial charge in [-0.05, 0) is 53.9 Å². The third-order valence-electron chi connectivity index (χ3n) is 6.08. The number of carbonyl (C=O) groups is 1. The molecule has 1 heterocycles. The average Bonchev–Trinajstić information content (AvgIpc) is 2.84. The molecular formula is C27H27Cl2NO3. The van der Waals surface area contributed by atoms with Crippen molar-refractivity contribution in [1.82, 2.24) is 4.90 Å². The predicted octanol–water partition coefficient (Wildman–Crippen LogP) is 6.40. The van der Waals surface area contributed by atoms with Gasteiger partial charge < -0.3 is 14.4 Å². The highest BCUT2D eigenvalue weighted by atomic mass is 35.5. The lowest BCUT2D eigenvalue weighted by atomic mass is 9.87. The zero-order valence-corrected chi connectivity index (χ0v) is 20.1. The smallest absolute Gasteiger partial charge is 0.222 e. The van der Waals surface area contributed by atoms with Crippen LogP contribution in [0.25, 0.3) is 0 Å². The van der Waals surface area contributed by atoms with E-state index in [0.717, 1.165) is 23.3 Å². The first kappa shape index (κ1) is 23.5. The molecule has 0 aromatic heterocycles. The molecule has 6 heteroatoms. The van der Waals surface area contributed by atoms with Gasteiger partial charge in [0.2, 0.25) is 5.91 Å². The number of rotatable bonds is 7. The molecular weight excluding hydrogens is 457 g/mol. The van der Waals surface area contributed by atoms with Crippen LogP contribution >= 0.6 is 23.2 Å². The minimum Gasteiger partial charge on any atom is -0.497 e. The molecule has 0 unspecified atom stereocenters. The van der Waals surface area contributed by atoms with Crippen LogP contribution in [0.5, 0.6) is 11.5 Å². The summed E-state index contributed by atoms with van der Waals surface area (Å²) in [6.07, 6.45) is 1.77. The van der Waals surface area contributed by atoms with Crippen LogP contribution in [0.2, 0.25) is 10.0 Å². The summed E-state index contributed by atoms with van der Waals surface area (Å²) in [5.74, 6) is 1.62. The molecule has 1 aliphatic heterocycles. The first-order valence-corrected chi connectivity index (χ1v) is 11.9. The van der Waals surface area contributed by atoms with E-state index < -0.39 is 0 Å². The van der Waals surface area contributed by atoms with Crippen LogP contribution in [0.15, 0.2) is 72.8 Å². The molecule has 1 amide bonds. The summed E-state index contributed by atoms with van der Waals surface area (Å²) in [5, 5.41) is 1.26. The maximum absolute atomic E-state index is 13.1. The fourth-order valence-corrected chi connectivity index (χ4v) is 4.64. The van der Waals surface area contributed by atoms with Gasteiger partial charge in [-0.25, -0.2) is 0 Å². The molecule has 1 saturated heterocycles. The van der Waals surface area contributed by atoms with Crippen molar-refractivity contribution in [1.29, 1.82) is 0 Å². The molecule has 33 heavy (non-hydrogen) atoms. The Hall–Kier alpha value is -2.69. The standard InChI is InChI=1S/C27H27Cl2NO3/c1-32-22-12-9-19(10-13-22)11-14-27(31)30-16-15-25(33-26-8-3-2-7-24(26)29)23(18-30)20-5-4-6-21(28)17-20/h2-10,12-13,17,23,25H,11,14-16,18H2,1H3/t23-,25-/m0/s1. The Morgan fingerprint density at radius 2 is 1.82 bits per heavy atom. The number of amides is 1. The van der Waals surface area contributed by atoms with E-state index >= 15 is 0 Å². The Bertz CT molecular complexity index is 1090. The lowest BCUT2D eigenvalue weighted by Gasteiger charge is -2.39. The van der Waals surface area contributed by atoms with Crippen molar-refractivity contribution in [3.63, 3.8) is 0 Å². The second-order valence-electron chi connectivity index (χ2n) is 8.22. The van der Waals surface area contributed by atoms with Crippen LogP contribution in [0, 0.1) is 0 Å². The third-order valence-corrected chi connectivity index (χ3v) is 6.63. The highest BCUT2D eigenvalue weighted by Gasteiger charge is 2.34. The minimum atomic E-state index is -0.103. The molecule has 1 fully saturated rings. The van der Waals surface area contributed by atoms with Crippen molar-refractivity contribution in [2.45, 2.75) is 31.3 Å². The molecule has 3 aromatic rings.